The van der Waals surface area contributed by atoms with Gasteiger partial charge in [-0.1, -0.05) is 44.3 Å². The Morgan fingerprint density at radius 2 is 1.06 bits per heavy atom. The highest BCUT2D eigenvalue weighted by Crippen LogP contribution is 2.30. The maximum absolute atomic E-state index is 12.0. The van der Waals surface area contributed by atoms with Crippen LogP contribution in [0.3, 0.4) is 0 Å². The summed E-state index contributed by atoms with van der Waals surface area (Å²) in [5.74, 6) is 1.32. The summed E-state index contributed by atoms with van der Waals surface area (Å²) in [6, 6.07) is 15.7. The molecule has 2 atom stereocenters. The predicted molar refractivity (Wildman–Crippen MR) is 125 cm³/mol. The number of rotatable bonds is 11. The van der Waals surface area contributed by atoms with Gasteiger partial charge in [0.1, 0.15) is 11.5 Å². The smallest absolute Gasteiger partial charge is 0.198 e. The molecule has 0 amide bonds. The van der Waals surface area contributed by atoms with Crippen LogP contribution in [0.25, 0.3) is 0 Å². The van der Waals surface area contributed by atoms with Crippen molar-refractivity contribution in [1.82, 2.24) is 0 Å². The van der Waals surface area contributed by atoms with Gasteiger partial charge in [0.25, 0.3) is 0 Å². The van der Waals surface area contributed by atoms with Gasteiger partial charge in [0.15, 0.2) is 23.8 Å². The normalized spacial score (nSPS) is 13.6. The lowest BCUT2D eigenvalue weighted by Crippen LogP contribution is -2.24. The first-order valence-corrected chi connectivity index (χ1v) is 10.6. The molecular weight excluding hydrogens is 388 g/mol. The second-order valence-electron chi connectivity index (χ2n) is 7.91. The first-order valence-electron chi connectivity index (χ1n) is 10.6. The Morgan fingerprint density at radius 3 is 1.32 bits per heavy atom. The molecule has 0 heterocycles. The van der Waals surface area contributed by atoms with Crippen LogP contribution in [0.2, 0.25) is 0 Å². The highest BCUT2D eigenvalue weighted by atomic mass is 16.5. The van der Waals surface area contributed by atoms with Gasteiger partial charge in [0, 0.05) is 5.92 Å². The highest BCUT2D eigenvalue weighted by Gasteiger charge is 2.18. The molecule has 4 heteroatoms. The summed E-state index contributed by atoms with van der Waals surface area (Å²) in [6.45, 7) is 16.3. The van der Waals surface area contributed by atoms with Gasteiger partial charge in [-0.15, -0.1) is 0 Å². The molecule has 0 bridgehead atoms. The maximum Gasteiger partial charge on any atom is 0.198 e. The van der Waals surface area contributed by atoms with Crippen molar-refractivity contribution in [2.75, 3.05) is 0 Å². The van der Waals surface area contributed by atoms with E-state index in [2.05, 4.69) is 20.1 Å². The van der Waals surface area contributed by atoms with Gasteiger partial charge in [0.2, 0.25) is 0 Å². The molecular formula is C27H32O4. The van der Waals surface area contributed by atoms with Gasteiger partial charge >= 0.3 is 0 Å². The van der Waals surface area contributed by atoms with E-state index in [1.807, 2.05) is 48.5 Å². The Hall–Kier alpha value is -3.14. The van der Waals surface area contributed by atoms with Crippen LogP contribution in [-0.4, -0.2) is 23.8 Å². The van der Waals surface area contributed by atoms with E-state index in [1.165, 1.54) is 0 Å². The van der Waals surface area contributed by atoms with E-state index in [1.54, 1.807) is 27.7 Å². The number of benzene rings is 2. The molecule has 0 aliphatic carbocycles. The minimum atomic E-state index is -0.558. The van der Waals surface area contributed by atoms with Crippen LogP contribution in [0.15, 0.2) is 72.8 Å². The van der Waals surface area contributed by atoms with Crippen LogP contribution in [0.4, 0.5) is 0 Å². The van der Waals surface area contributed by atoms with E-state index >= 15 is 0 Å². The van der Waals surface area contributed by atoms with Crippen molar-refractivity contribution >= 4 is 11.6 Å². The van der Waals surface area contributed by atoms with Crippen molar-refractivity contribution < 1.29 is 19.1 Å². The zero-order chi connectivity index (χ0) is 23.1. The fraction of sp³-hybridized carbons (Fsp3) is 0.333. The lowest BCUT2D eigenvalue weighted by atomic mass is 9.89. The predicted octanol–water partition coefficient (Wildman–Crippen LogP) is 6.05. The first kappa shape index (κ1) is 24.1. The van der Waals surface area contributed by atoms with Crippen molar-refractivity contribution in [1.29, 1.82) is 0 Å². The molecule has 2 aromatic rings. The number of carbonyl (C=O) groups excluding carboxylic acids is 2. The third-order valence-electron chi connectivity index (χ3n) is 5.18. The second-order valence-corrected chi connectivity index (χ2v) is 7.91. The molecule has 0 aliphatic rings. The average molecular weight is 421 g/mol. The van der Waals surface area contributed by atoms with Crippen molar-refractivity contribution in [3.05, 3.63) is 84.0 Å². The molecule has 0 saturated heterocycles. The first-order chi connectivity index (χ1) is 14.6. The van der Waals surface area contributed by atoms with Crippen LogP contribution in [0.1, 0.15) is 58.1 Å². The SMILES string of the molecule is C=C(C)C(=O)C(C)Oc1ccc(C(CC)c2ccc(OC(C)C(=O)C(=C)C)cc2)cc1. The fourth-order valence-corrected chi connectivity index (χ4v) is 3.43. The zero-order valence-electron chi connectivity index (χ0n) is 19.1. The quantitative estimate of drug-likeness (QED) is 0.415. The minimum absolute atomic E-state index is 0.0999. The standard InChI is InChI=1S/C27H32O4/c1-8-25(21-9-13-23(14-10-21)30-19(6)26(28)17(2)3)22-11-15-24(16-12-22)31-20(7)27(29)18(4)5/h9-16,19-20,25H,2,4,8H2,1,3,5-7H3. The zero-order valence-corrected chi connectivity index (χ0v) is 19.1. The Balaban J connectivity index is 2.10. The molecule has 0 aromatic heterocycles. The van der Waals surface area contributed by atoms with Gasteiger partial charge in [-0.05, 0) is 80.7 Å². The van der Waals surface area contributed by atoms with Gasteiger partial charge in [-0.2, -0.15) is 0 Å². The van der Waals surface area contributed by atoms with Crippen molar-refractivity contribution in [3.8, 4) is 11.5 Å². The third kappa shape index (κ3) is 6.42. The van der Waals surface area contributed by atoms with Crippen LogP contribution in [0, 0.1) is 0 Å². The maximum atomic E-state index is 12.0. The molecule has 0 spiro atoms. The molecule has 0 radical (unpaired) electrons. The summed E-state index contributed by atoms with van der Waals surface area (Å²) in [4.78, 5) is 23.9. The van der Waals surface area contributed by atoms with E-state index in [0.29, 0.717) is 22.6 Å². The van der Waals surface area contributed by atoms with Gasteiger partial charge in [-0.3, -0.25) is 9.59 Å². The van der Waals surface area contributed by atoms with Gasteiger partial charge in [0.05, 0.1) is 0 Å². The average Bonchev–Trinajstić information content (AvgIpc) is 2.75. The Kier molecular flexibility index (Phi) is 8.38. The summed E-state index contributed by atoms with van der Waals surface area (Å²) < 4.78 is 11.5. The van der Waals surface area contributed by atoms with E-state index in [-0.39, 0.29) is 17.5 Å². The van der Waals surface area contributed by atoms with Crippen LogP contribution < -0.4 is 9.47 Å². The largest absolute Gasteiger partial charge is 0.483 e. The number of ether oxygens (including phenoxy) is 2. The van der Waals surface area contributed by atoms with E-state index in [4.69, 9.17) is 9.47 Å². The second kappa shape index (κ2) is 10.8. The number of hydrogen-bond donors (Lipinski definition) is 0. The van der Waals surface area contributed by atoms with Gasteiger partial charge < -0.3 is 9.47 Å². The van der Waals surface area contributed by atoms with E-state index in [0.717, 1.165) is 17.5 Å². The number of Topliss-reactive ketones (excluding diaryl/α,β-unsaturated/α-hetero) is 2. The molecule has 0 aliphatic heterocycles. The minimum Gasteiger partial charge on any atom is -0.483 e. The van der Waals surface area contributed by atoms with Crippen LogP contribution in [-0.2, 0) is 9.59 Å². The molecule has 2 unspecified atom stereocenters. The summed E-state index contributed by atoms with van der Waals surface area (Å²) in [6.07, 6.45) is -0.191. The summed E-state index contributed by atoms with van der Waals surface area (Å²) in [5.41, 5.74) is 3.29. The van der Waals surface area contributed by atoms with Crippen molar-refractivity contribution in [2.24, 2.45) is 0 Å². The molecule has 0 N–H and O–H groups in total. The van der Waals surface area contributed by atoms with E-state index < -0.39 is 12.2 Å². The molecule has 0 saturated carbocycles. The topological polar surface area (TPSA) is 52.6 Å². The van der Waals surface area contributed by atoms with E-state index in [9.17, 15) is 9.59 Å². The Bertz CT molecular complexity index is 861. The monoisotopic (exact) mass is 420 g/mol. The molecule has 31 heavy (non-hydrogen) atoms. The Labute approximate surface area is 185 Å². The fourth-order valence-electron chi connectivity index (χ4n) is 3.43. The lowest BCUT2D eigenvalue weighted by molar-refractivity contribution is -0.121. The Morgan fingerprint density at radius 1 is 0.742 bits per heavy atom. The van der Waals surface area contributed by atoms with Crippen molar-refractivity contribution in [3.63, 3.8) is 0 Å². The molecule has 4 nitrogen and oxygen atoms in total. The third-order valence-corrected chi connectivity index (χ3v) is 5.18. The van der Waals surface area contributed by atoms with Crippen LogP contribution in [0.5, 0.6) is 11.5 Å². The van der Waals surface area contributed by atoms with Crippen LogP contribution >= 0.6 is 0 Å². The molecule has 0 fully saturated rings. The van der Waals surface area contributed by atoms with Crippen molar-refractivity contribution in [2.45, 2.75) is 59.2 Å². The number of hydrogen-bond acceptors (Lipinski definition) is 4. The summed E-state index contributed by atoms with van der Waals surface area (Å²) in [7, 11) is 0. The number of carbonyl (C=O) groups is 2. The number of ketones is 2. The molecule has 2 aromatic carbocycles. The molecule has 2 rings (SSSR count). The highest BCUT2D eigenvalue weighted by molar-refractivity contribution is 5.98. The van der Waals surface area contributed by atoms with Gasteiger partial charge in [-0.25, -0.2) is 0 Å². The molecule has 164 valence electrons. The summed E-state index contributed by atoms with van der Waals surface area (Å²) in [5, 5.41) is 0. The lowest BCUT2D eigenvalue weighted by Gasteiger charge is -2.19. The summed E-state index contributed by atoms with van der Waals surface area (Å²) >= 11 is 0.